The van der Waals surface area contributed by atoms with Gasteiger partial charge in [-0.15, -0.1) is 0 Å². The molecule has 0 unspecified atom stereocenters. The predicted molar refractivity (Wildman–Crippen MR) is 275 cm³/mol. The van der Waals surface area contributed by atoms with E-state index in [0.29, 0.717) is 11.1 Å². The molecule has 0 aliphatic carbocycles. The summed E-state index contributed by atoms with van der Waals surface area (Å²) < 4.78 is 111. The van der Waals surface area contributed by atoms with Crippen LogP contribution in [0.4, 0.5) is 23.7 Å². The smallest absolute Gasteiger partial charge is 0.463 e. The molecule has 416 valence electrons. The number of rotatable bonds is 21. The second-order valence-electron chi connectivity index (χ2n) is 17.6. The third-order valence-corrected chi connectivity index (χ3v) is 11.9. The molecule has 5 aromatic carbocycles. The van der Waals surface area contributed by atoms with E-state index in [1.54, 1.807) is 54.6 Å². The number of ether oxygens (including phenoxy) is 11. The van der Waals surface area contributed by atoms with Crippen molar-refractivity contribution < 1.29 is 84.5 Å². The van der Waals surface area contributed by atoms with Gasteiger partial charge in [-0.2, -0.15) is 13.2 Å². The molecule has 5 aromatic rings. The number of para-hydroxylation sites is 1. The maximum atomic E-state index is 15.3. The van der Waals surface area contributed by atoms with Crippen LogP contribution < -0.4 is 5.32 Å². The maximum Gasteiger partial charge on any atom is 0.468 e. The highest BCUT2D eigenvalue weighted by Crippen LogP contribution is 2.37. The van der Waals surface area contributed by atoms with Gasteiger partial charge in [0.25, 0.3) is 5.90 Å². The second kappa shape index (κ2) is 28.5. The molecule has 0 radical (unpaired) electrons. The van der Waals surface area contributed by atoms with E-state index in [0.717, 1.165) is 19.4 Å². The molecule has 1 amide bonds. The number of hydrogen-bond donors (Lipinski definition) is 1. The van der Waals surface area contributed by atoms with Gasteiger partial charge in [-0.1, -0.05) is 162 Å². The van der Waals surface area contributed by atoms with E-state index in [2.05, 4.69) is 10.3 Å². The van der Waals surface area contributed by atoms with Gasteiger partial charge in [0, 0.05) is 13.8 Å². The first-order valence-corrected chi connectivity index (χ1v) is 25.4. The van der Waals surface area contributed by atoms with Crippen molar-refractivity contribution in [1.82, 2.24) is 5.32 Å². The summed E-state index contributed by atoms with van der Waals surface area (Å²) in [5, 5.41) is 2.66. The molecule has 0 spiro atoms. The van der Waals surface area contributed by atoms with Crippen molar-refractivity contribution in [1.29, 1.82) is 0 Å². The molecule has 10 atom stereocenters. The molecule has 2 aliphatic heterocycles. The summed E-state index contributed by atoms with van der Waals surface area (Å²) >= 11 is 18.0. The van der Waals surface area contributed by atoms with Crippen LogP contribution in [-0.2, 0) is 81.5 Å². The van der Waals surface area contributed by atoms with Crippen LogP contribution in [0, 0.1) is 0 Å². The average molecular weight is 1150 g/mol. The Bertz CT molecular complexity index is 2720. The summed E-state index contributed by atoms with van der Waals surface area (Å²) in [5.41, 5.74) is 1.88. The number of halogens is 6. The monoisotopic (exact) mass is 1140 g/mol. The fourth-order valence-corrected chi connectivity index (χ4v) is 8.32. The number of carbonyl (C=O) groups excluding carboxylic acids is 4. The Morgan fingerprint density at radius 3 is 1.62 bits per heavy atom. The van der Waals surface area contributed by atoms with Crippen molar-refractivity contribution in [2.24, 2.45) is 4.99 Å². The normalized spacial score (nSPS) is 23.6. The molecule has 78 heavy (non-hydrogen) atoms. The topological polar surface area (TPSA) is 194 Å². The van der Waals surface area contributed by atoms with Crippen LogP contribution in [0.2, 0.25) is 0 Å². The molecule has 7 rings (SSSR count). The van der Waals surface area contributed by atoms with Gasteiger partial charge in [0.1, 0.15) is 43.7 Å². The first-order valence-electron chi connectivity index (χ1n) is 24.2. The molecule has 2 saturated heterocycles. The number of carbonyl (C=O) groups is 4. The van der Waals surface area contributed by atoms with Crippen molar-refractivity contribution in [2.75, 3.05) is 19.8 Å². The maximum absolute atomic E-state index is 15.3. The van der Waals surface area contributed by atoms with Crippen LogP contribution in [-0.4, -0.2) is 121 Å². The highest BCUT2D eigenvalue weighted by Gasteiger charge is 2.58. The van der Waals surface area contributed by atoms with E-state index < -0.39 is 114 Å². The molecular formula is C55H54Cl3F3N2O15. The highest BCUT2D eigenvalue weighted by molar-refractivity contribution is 6.67. The first-order chi connectivity index (χ1) is 37.4. The van der Waals surface area contributed by atoms with Crippen molar-refractivity contribution >= 4 is 70.4 Å². The molecule has 2 heterocycles. The lowest BCUT2D eigenvalue weighted by atomic mass is 9.94. The Kier molecular flexibility index (Phi) is 21.7. The molecule has 0 bridgehead atoms. The number of nitrogens with zero attached hydrogens (tertiary/aromatic N) is 1. The average Bonchev–Trinajstić information content (AvgIpc) is 3.45. The van der Waals surface area contributed by atoms with E-state index in [-0.39, 0.29) is 37.7 Å². The van der Waals surface area contributed by atoms with Crippen LogP contribution in [0.25, 0.3) is 0 Å². The van der Waals surface area contributed by atoms with Crippen LogP contribution in [0.15, 0.2) is 157 Å². The Hall–Kier alpha value is -6.33. The lowest BCUT2D eigenvalue weighted by Gasteiger charge is -2.49. The lowest BCUT2D eigenvalue weighted by molar-refractivity contribution is -0.352. The zero-order valence-corrected chi connectivity index (χ0v) is 44.1. The van der Waals surface area contributed by atoms with Gasteiger partial charge < -0.3 is 57.4 Å². The van der Waals surface area contributed by atoms with Gasteiger partial charge in [-0.3, -0.25) is 9.59 Å². The Morgan fingerprint density at radius 2 is 1.08 bits per heavy atom. The zero-order valence-electron chi connectivity index (χ0n) is 41.8. The summed E-state index contributed by atoms with van der Waals surface area (Å²) in [6.45, 7) is 0.0650. The zero-order chi connectivity index (χ0) is 55.7. The quantitative estimate of drug-likeness (QED) is 0.0240. The fraction of sp³-hybridized carbons (Fsp3) is 0.364. The van der Waals surface area contributed by atoms with Crippen LogP contribution in [0.3, 0.4) is 0 Å². The second-order valence-corrected chi connectivity index (χ2v) is 20.1. The summed E-state index contributed by atoms with van der Waals surface area (Å²) in [7, 11) is 0. The van der Waals surface area contributed by atoms with Gasteiger partial charge >= 0.3 is 30.2 Å². The van der Waals surface area contributed by atoms with E-state index in [1.165, 1.54) is 48.5 Å². The van der Waals surface area contributed by atoms with Crippen molar-refractivity contribution in [3.05, 3.63) is 174 Å². The summed E-state index contributed by atoms with van der Waals surface area (Å²) in [6, 6.07) is 39.8. The van der Waals surface area contributed by atoms with Gasteiger partial charge in [0.2, 0.25) is 10.1 Å². The SMILES string of the molecule is CC(=O)OC[C@H]1O[C@H](OC(=Nc2ccccc2)C(F)(F)F)[C@@H](O[C@@H]2O[C@H](COCc3ccccc3)[C@@H](OCc3ccccc3)[C@H](OCc3ccccc3)[C@H]2NC(=O)OCC(Cl)(Cl)Cl)[C@@H](OC(=O)c2ccccc2)[C@@H]1OC(C)=O. The third-order valence-electron chi connectivity index (χ3n) is 11.6. The molecule has 23 heteroatoms. The Balaban J connectivity index is 1.40. The summed E-state index contributed by atoms with van der Waals surface area (Å²) in [4.78, 5) is 57.4. The number of benzene rings is 5. The van der Waals surface area contributed by atoms with E-state index in [1.807, 2.05) is 48.5 Å². The van der Waals surface area contributed by atoms with E-state index in [9.17, 15) is 19.2 Å². The van der Waals surface area contributed by atoms with Gasteiger partial charge in [0.15, 0.2) is 24.6 Å². The number of alkyl carbamates (subject to hydrolysis) is 1. The number of esters is 3. The lowest BCUT2D eigenvalue weighted by Crippen LogP contribution is -2.69. The third kappa shape index (κ3) is 18.1. The molecule has 0 aromatic heterocycles. The minimum absolute atomic E-state index is 0.0517. The molecule has 2 fully saturated rings. The predicted octanol–water partition coefficient (Wildman–Crippen LogP) is 9.70. The standard InChI is InChI=1S/C55H54Cl3F3N2O15/c1-34(64)69-32-42-45(73-35(2)65)47(76-49(66)39-24-14-6-15-25-39)48(51(75-42)78-52(55(59,60)61)62-40-26-16-7-17-27-40)77-50-43(63-53(67)72-33-54(56,57)58)46(71-30-38-22-12-5-13-23-38)44(70-29-37-20-10-4-11-21-37)41(74-50)31-68-28-36-18-8-3-9-19-36/h3-27,41-48,50-51H,28-33H2,1-2H3,(H,63,67)/t41-,42-,43-,44-,45-,46-,47+,48+,50+,51-/m1/s1. The summed E-state index contributed by atoms with van der Waals surface area (Å²) in [6.07, 6.45) is -22.5. The van der Waals surface area contributed by atoms with Gasteiger partial charge in [0.05, 0.1) is 37.7 Å². The molecule has 1 N–H and O–H groups in total. The minimum atomic E-state index is -5.35. The minimum Gasteiger partial charge on any atom is -0.463 e. The fourth-order valence-electron chi connectivity index (χ4n) is 8.16. The number of hydrogen-bond acceptors (Lipinski definition) is 16. The van der Waals surface area contributed by atoms with Gasteiger partial charge in [-0.05, 0) is 41.0 Å². The number of amides is 1. The summed E-state index contributed by atoms with van der Waals surface area (Å²) in [5.74, 6) is -4.83. The molecule has 2 aliphatic rings. The molecule has 17 nitrogen and oxygen atoms in total. The van der Waals surface area contributed by atoms with Crippen molar-refractivity contribution in [3.8, 4) is 0 Å². The largest absolute Gasteiger partial charge is 0.468 e. The van der Waals surface area contributed by atoms with Crippen LogP contribution in [0.1, 0.15) is 40.9 Å². The van der Waals surface area contributed by atoms with Crippen molar-refractivity contribution in [3.63, 3.8) is 0 Å². The highest BCUT2D eigenvalue weighted by atomic mass is 35.6. The van der Waals surface area contributed by atoms with Crippen molar-refractivity contribution in [2.45, 2.75) is 105 Å². The van der Waals surface area contributed by atoms with Crippen LogP contribution >= 0.6 is 34.8 Å². The number of nitrogens with one attached hydrogen (secondary N) is 1. The number of alkyl halides is 6. The molecular weight excluding hydrogens is 1090 g/mol. The number of aliphatic imine (C=N–C) groups is 1. The van der Waals surface area contributed by atoms with Crippen LogP contribution in [0.5, 0.6) is 0 Å². The molecule has 0 saturated carbocycles. The Morgan fingerprint density at radius 1 is 0.564 bits per heavy atom. The first kappa shape index (κ1) is 59.3. The Labute approximate surface area is 462 Å². The van der Waals surface area contributed by atoms with Gasteiger partial charge in [-0.25, -0.2) is 14.6 Å². The van der Waals surface area contributed by atoms with E-state index >= 15 is 13.2 Å². The van der Waals surface area contributed by atoms with E-state index in [4.69, 9.17) is 86.9 Å².